The van der Waals surface area contributed by atoms with Crippen LogP contribution in [0.3, 0.4) is 0 Å². The minimum atomic E-state index is 0.0105. The molecule has 0 aromatic carbocycles. The summed E-state index contributed by atoms with van der Waals surface area (Å²) in [6, 6.07) is 1.48. The van der Waals surface area contributed by atoms with E-state index in [4.69, 9.17) is 0 Å². The molecule has 2 saturated heterocycles. The molecule has 21 heavy (non-hydrogen) atoms. The van der Waals surface area contributed by atoms with Crippen LogP contribution >= 0.6 is 15.9 Å². The highest BCUT2D eigenvalue weighted by Gasteiger charge is 2.37. The minimum Gasteiger partial charge on any atom is -0.337 e. The lowest BCUT2D eigenvalue weighted by Gasteiger charge is -2.35. The van der Waals surface area contributed by atoms with Crippen LogP contribution in [0.1, 0.15) is 61.6 Å². The zero-order valence-corrected chi connectivity index (χ0v) is 14.4. The Kier molecular flexibility index (Phi) is 4.10. The first-order valence-corrected chi connectivity index (χ1v) is 8.53. The van der Waals surface area contributed by atoms with Crippen molar-refractivity contribution >= 4 is 21.8 Å². The smallest absolute Gasteiger partial charge is 0.275 e. The van der Waals surface area contributed by atoms with E-state index in [2.05, 4.69) is 45.3 Å². The van der Waals surface area contributed by atoms with Crippen LogP contribution in [0.5, 0.6) is 0 Å². The van der Waals surface area contributed by atoms with Crippen molar-refractivity contribution in [2.75, 3.05) is 7.05 Å². The first-order chi connectivity index (χ1) is 9.97. The molecular formula is C15H23BrN4O. The van der Waals surface area contributed by atoms with Crippen LogP contribution in [-0.2, 0) is 0 Å². The van der Waals surface area contributed by atoms with Crippen LogP contribution < -0.4 is 5.32 Å². The number of piperidine rings is 1. The Balaban J connectivity index is 1.75. The van der Waals surface area contributed by atoms with Gasteiger partial charge in [-0.2, -0.15) is 5.10 Å². The Bertz CT molecular complexity index is 530. The number of hydrogen-bond donors (Lipinski definition) is 2. The number of halogens is 1. The van der Waals surface area contributed by atoms with E-state index < -0.39 is 0 Å². The maximum Gasteiger partial charge on any atom is 0.275 e. The van der Waals surface area contributed by atoms with Gasteiger partial charge in [0.2, 0.25) is 0 Å². The summed E-state index contributed by atoms with van der Waals surface area (Å²) in [5.41, 5.74) is 1.49. The number of aromatic nitrogens is 2. The number of rotatable bonds is 3. The van der Waals surface area contributed by atoms with Gasteiger partial charge in [-0.25, -0.2) is 0 Å². The highest BCUT2D eigenvalue weighted by atomic mass is 79.9. The summed E-state index contributed by atoms with van der Waals surface area (Å²) in [4.78, 5) is 14.6. The van der Waals surface area contributed by atoms with Gasteiger partial charge in [0.1, 0.15) is 0 Å². The normalized spacial score (nSPS) is 28.1. The Morgan fingerprint density at radius 3 is 2.48 bits per heavy atom. The molecule has 2 aliphatic heterocycles. The lowest BCUT2D eigenvalue weighted by Crippen LogP contribution is -2.48. The molecule has 3 heterocycles. The number of carbonyl (C=O) groups is 1. The second kappa shape index (κ2) is 5.72. The number of fused-ring (bicyclic) bond motifs is 2. The van der Waals surface area contributed by atoms with Crippen LogP contribution in [0.4, 0.5) is 0 Å². The van der Waals surface area contributed by atoms with Crippen molar-refractivity contribution in [2.24, 2.45) is 0 Å². The molecule has 5 nitrogen and oxygen atoms in total. The summed E-state index contributed by atoms with van der Waals surface area (Å²) in [6.45, 7) is 4.17. The third-order valence-corrected chi connectivity index (χ3v) is 5.63. The molecule has 2 fully saturated rings. The van der Waals surface area contributed by atoms with Gasteiger partial charge in [-0.15, -0.1) is 0 Å². The molecule has 6 heteroatoms. The predicted molar refractivity (Wildman–Crippen MR) is 85.4 cm³/mol. The molecule has 0 radical (unpaired) electrons. The number of nitrogens with zero attached hydrogens (tertiary/aromatic N) is 2. The van der Waals surface area contributed by atoms with Crippen molar-refractivity contribution < 1.29 is 4.79 Å². The van der Waals surface area contributed by atoms with Gasteiger partial charge in [-0.05, 0) is 47.5 Å². The standard InChI is InChI=1S/C15H23BrN4O/c1-8(2)13-12(16)14(19-18-13)15(21)20(3)11-6-9-4-5-10(7-11)17-9/h8-11,17H,4-7H2,1-3H3,(H,18,19). The van der Waals surface area contributed by atoms with E-state index in [0.29, 0.717) is 29.7 Å². The Labute approximate surface area is 134 Å². The molecule has 2 N–H and O–H groups in total. The van der Waals surface area contributed by atoms with Crippen molar-refractivity contribution in [1.82, 2.24) is 20.4 Å². The maximum atomic E-state index is 12.7. The molecule has 2 atom stereocenters. The van der Waals surface area contributed by atoms with E-state index in [1.807, 2.05) is 11.9 Å². The summed E-state index contributed by atoms with van der Waals surface area (Å²) < 4.78 is 0.811. The number of carbonyl (C=O) groups excluding carboxylic acids is 1. The highest BCUT2D eigenvalue weighted by Crippen LogP contribution is 2.31. The molecule has 116 valence electrons. The van der Waals surface area contributed by atoms with E-state index >= 15 is 0 Å². The van der Waals surface area contributed by atoms with E-state index in [-0.39, 0.29) is 5.91 Å². The molecule has 3 rings (SSSR count). The van der Waals surface area contributed by atoms with E-state index in [1.54, 1.807) is 0 Å². The quantitative estimate of drug-likeness (QED) is 0.876. The van der Waals surface area contributed by atoms with Crippen LogP contribution in [-0.4, -0.2) is 46.2 Å². The summed E-state index contributed by atoms with van der Waals surface area (Å²) in [5, 5.41) is 10.8. The Hall–Kier alpha value is -0.880. The van der Waals surface area contributed by atoms with Crippen molar-refractivity contribution in [3.8, 4) is 0 Å². The van der Waals surface area contributed by atoms with Gasteiger partial charge in [0.25, 0.3) is 5.91 Å². The summed E-state index contributed by atoms with van der Waals surface area (Å²) in [5.74, 6) is 0.324. The fourth-order valence-electron chi connectivity index (χ4n) is 3.54. The molecule has 1 aromatic rings. The first-order valence-electron chi connectivity index (χ1n) is 7.74. The monoisotopic (exact) mass is 354 g/mol. The Morgan fingerprint density at radius 1 is 1.33 bits per heavy atom. The number of amides is 1. The van der Waals surface area contributed by atoms with Gasteiger partial charge in [-0.1, -0.05) is 13.8 Å². The topological polar surface area (TPSA) is 61.0 Å². The largest absolute Gasteiger partial charge is 0.337 e. The maximum absolute atomic E-state index is 12.7. The predicted octanol–water partition coefficient (Wildman–Crippen LogP) is 2.65. The minimum absolute atomic E-state index is 0.0105. The molecule has 2 aliphatic rings. The second-order valence-electron chi connectivity index (χ2n) is 6.63. The van der Waals surface area contributed by atoms with Crippen LogP contribution in [0.15, 0.2) is 4.47 Å². The van der Waals surface area contributed by atoms with E-state index in [1.165, 1.54) is 12.8 Å². The number of nitrogens with one attached hydrogen (secondary N) is 2. The number of aromatic amines is 1. The zero-order valence-electron chi connectivity index (χ0n) is 12.8. The molecule has 1 aromatic heterocycles. The summed E-state index contributed by atoms with van der Waals surface area (Å²) in [7, 11) is 1.91. The summed E-state index contributed by atoms with van der Waals surface area (Å²) >= 11 is 3.53. The van der Waals surface area contributed by atoms with Crippen molar-refractivity contribution in [1.29, 1.82) is 0 Å². The van der Waals surface area contributed by atoms with Gasteiger partial charge in [0.15, 0.2) is 5.69 Å². The molecule has 2 bridgehead atoms. The van der Waals surface area contributed by atoms with Gasteiger partial charge in [0, 0.05) is 25.2 Å². The van der Waals surface area contributed by atoms with Crippen molar-refractivity contribution in [3.63, 3.8) is 0 Å². The lowest BCUT2D eigenvalue weighted by molar-refractivity contribution is 0.0675. The van der Waals surface area contributed by atoms with Crippen LogP contribution in [0.25, 0.3) is 0 Å². The highest BCUT2D eigenvalue weighted by molar-refractivity contribution is 9.10. The van der Waals surface area contributed by atoms with E-state index in [9.17, 15) is 4.79 Å². The molecule has 1 amide bonds. The SMILES string of the molecule is CC(C)c1[nH]nc(C(=O)N(C)C2CC3CCC(C2)N3)c1Br. The fraction of sp³-hybridized carbons (Fsp3) is 0.733. The number of H-pyrrole nitrogens is 1. The first kappa shape index (κ1) is 15.0. The molecule has 0 saturated carbocycles. The molecule has 2 unspecified atom stereocenters. The molecular weight excluding hydrogens is 332 g/mol. The van der Waals surface area contributed by atoms with Crippen molar-refractivity contribution in [3.05, 3.63) is 15.9 Å². The third-order valence-electron chi connectivity index (χ3n) is 4.83. The molecule has 0 aliphatic carbocycles. The average Bonchev–Trinajstić information content (AvgIpc) is 3.00. The summed E-state index contributed by atoms with van der Waals surface area (Å²) in [6.07, 6.45) is 4.59. The third kappa shape index (κ3) is 2.75. The van der Waals surface area contributed by atoms with Crippen LogP contribution in [0.2, 0.25) is 0 Å². The van der Waals surface area contributed by atoms with Crippen molar-refractivity contribution in [2.45, 2.75) is 63.6 Å². The average molecular weight is 355 g/mol. The van der Waals surface area contributed by atoms with Gasteiger partial charge in [0.05, 0.1) is 10.2 Å². The zero-order chi connectivity index (χ0) is 15.1. The van der Waals surface area contributed by atoms with Gasteiger partial charge >= 0.3 is 0 Å². The second-order valence-corrected chi connectivity index (χ2v) is 7.43. The fourth-order valence-corrected chi connectivity index (χ4v) is 4.35. The number of hydrogen-bond acceptors (Lipinski definition) is 3. The molecule has 0 spiro atoms. The lowest BCUT2D eigenvalue weighted by atomic mass is 9.98. The van der Waals surface area contributed by atoms with Gasteiger partial charge < -0.3 is 10.2 Å². The van der Waals surface area contributed by atoms with E-state index in [0.717, 1.165) is 23.0 Å². The van der Waals surface area contributed by atoms with Gasteiger partial charge in [-0.3, -0.25) is 9.89 Å². The van der Waals surface area contributed by atoms with Crippen LogP contribution in [0, 0.1) is 0 Å². The Morgan fingerprint density at radius 2 is 1.95 bits per heavy atom.